The smallest absolute Gasteiger partial charge is 0.338 e. The predicted molar refractivity (Wildman–Crippen MR) is 60.2 cm³/mol. The van der Waals surface area contributed by atoms with Gasteiger partial charge in [-0.1, -0.05) is 12.2 Å². The molecule has 82 valence electrons. The zero-order valence-corrected chi connectivity index (χ0v) is 9.61. The van der Waals surface area contributed by atoms with Gasteiger partial charge in [0.1, 0.15) is 4.64 Å². The van der Waals surface area contributed by atoms with Gasteiger partial charge in [-0.3, -0.25) is 0 Å². The van der Waals surface area contributed by atoms with Crippen molar-refractivity contribution in [2.24, 2.45) is 5.73 Å². The number of pyridine rings is 1. The van der Waals surface area contributed by atoms with Gasteiger partial charge in [-0.15, -0.1) is 0 Å². The number of esters is 1. The number of hydrogen-bond donors (Lipinski definition) is 2. The third kappa shape index (κ3) is 2.64. The molecule has 0 unspecified atom stereocenters. The van der Waals surface area contributed by atoms with Crippen LogP contribution in [0, 0.1) is 11.6 Å². The van der Waals surface area contributed by atoms with Crippen molar-refractivity contribution in [1.29, 1.82) is 0 Å². The van der Waals surface area contributed by atoms with Gasteiger partial charge >= 0.3 is 5.97 Å². The molecule has 0 saturated carbocycles. The van der Waals surface area contributed by atoms with Crippen molar-refractivity contribution < 1.29 is 9.53 Å². The molecule has 5 heteroatoms. The summed E-state index contributed by atoms with van der Waals surface area (Å²) in [5.41, 5.74) is 7.45. The number of H-pyrrole nitrogens is 1. The number of carbonyl (C=O) groups is 1. The van der Waals surface area contributed by atoms with Gasteiger partial charge in [-0.2, -0.15) is 0 Å². The minimum absolute atomic E-state index is 0.226. The molecule has 0 aliphatic rings. The second kappa shape index (κ2) is 5.04. The molecule has 0 saturated heterocycles. The Morgan fingerprint density at radius 3 is 2.87 bits per heavy atom. The van der Waals surface area contributed by atoms with Gasteiger partial charge in [0.05, 0.1) is 12.2 Å². The largest absolute Gasteiger partial charge is 0.462 e. The van der Waals surface area contributed by atoms with E-state index in [1.807, 2.05) is 6.92 Å². The molecule has 0 aliphatic heterocycles. The molecule has 15 heavy (non-hydrogen) atoms. The van der Waals surface area contributed by atoms with E-state index in [9.17, 15) is 4.79 Å². The maximum absolute atomic E-state index is 11.6. The Morgan fingerprint density at radius 2 is 2.33 bits per heavy atom. The van der Waals surface area contributed by atoms with E-state index in [1.54, 1.807) is 13.0 Å². The van der Waals surface area contributed by atoms with Gasteiger partial charge in [-0.25, -0.2) is 4.79 Å². The number of rotatable bonds is 3. The van der Waals surface area contributed by atoms with E-state index in [2.05, 4.69) is 4.98 Å². The lowest BCUT2D eigenvalue weighted by molar-refractivity contribution is 0.0524. The highest BCUT2D eigenvalue weighted by molar-refractivity contribution is 7.71. The highest BCUT2D eigenvalue weighted by Crippen LogP contribution is 2.12. The maximum Gasteiger partial charge on any atom is 0.338 e. The van der Waals surface area contributed by atoms with Crippen LogP contribution >= 0.6 is 12.2 Å². The molecule has 1 aromatic heterocycles. The van der Waals surface area contributed by atoms with Gasteiger partial charge in [0.2, 0.25) is 0 Å². The van der Waals surface area contributed by atoms with E-state index in [4.69, 9.17) is 22.7 Å². The van der Waals surface area contributed by atoms with Crippen molar-refractivity contribution in [2.75, 3.05) is 6.61 Å². The molecule has 1 rings (SSSR count). The zero-order valence-electron chi connectivity index (χ0n) is 8.79. The highest BCUT2D eigenvalue weighted by atomic mass is 32.1. The molecule has 0 radical (unpaired) electrons. The standard InChI is InChI=1S/C10H14N2O2S/c1-3-14-10(13)7-4-6(2)12-9(15)8(7)5-11/h4H,3,5,11H2,1-2H3,(H,12,15). The van der Waals surface area contributed by atoms with Crippen LogP contribution in [0.4, 0.5) is 0 Å². The summed E-state index contributed by atoms with van der Waals surface area (Å²) in [5, 5.41) is 0. The maximum atomic E-state index is 11.6. The van der Waals surface area contributed by atoms with Crippen molar-refractivity contribution in [1.82, 2.24) is 4.98 Å². The number of ether oxygens (including phenoxy) is 1. The number of aromatic nitrogens is 1. The molecule has 0 aliphatic carbocycles. The van der Waals surface area contributed by atoms with Crippen LogP contribution in [0.5, 0.6) is 0 Å². The number of hydrogen-bond acceptors (Lipinski definition) is 4. The minimum atomic E-state index is -0.374. The van der Waals surface area contributed by atoms with E-state index in [1.165, 1.54) is 0 Å². The topological polar surface area (TPSA) is 68.1 Å². The van der Waals surface area contributed by atoms with Gasteiger partial charge in [0, 0.05) is 17.8 Å². The van der Waals surface area contributed by atoms with Crippen LogP contribution in [0.1, 0.15) is 28.5 Å². The molecule has 0 fully saturated rings. The summed E-state index contributed by atoms with van der Waals surface area (Å²) in [7, 11) is 0. The van der Waals surface area contributed by atoms with Crippen LogP contribution in [-0.4, -0.2) is 17.6 Å². The second-order valence-corrected chi connectivity index (χ2v) is 3.51. The van der Waals surface area contributed by atoms with Crippen LogP contribution in [0.15, 0.2) is 6.07 Å². The van der Waals surface area contributed by atoms with E-state index in [0.717, 1.165) is 5.69 Å². The lowest BCUT2D eigenvalue weighted by Gasteiger charge is -2.08. The van der Waals surface area contributed by atoms with Gasteiger partial charge in [0.25, 0.3) is 0 Å². The Labute approximate surface area is 93.4 Å². The first-order valence-corrected chi connectivity index (χ1v) is 5.11. The van der Waals surface area contributed by atoms with E-state index in [-0.39, 0.29) is 12.5 Å². The fraction of sp³-hybridized carbons (Fsp3) is 0.400. The third-order valence-corrected chi connectivity index (χ3v) is 2.32. The van der Waals surface area contributed by atoms with Crippen molar-refractivity contribution in [3.05, 3.63) is 27.5 Å². The minimum Gasteiger partial charge on any atom is -0.462 e. The Morgan fingerprint density at radius 1 is 1.67 bits per heavy atom. The van der Waals surface area contributed by atoms with Crippen molar-refractivity contribution in [2.45, 2.75) is 20.4 Å². The molecule has 1 aromatic rings. The van der Waals surface area contributed by atoms with Crippen LogP contribution in [0.2, 0.25) is 0 Å². The summed E-state index contributed by atoms with van der Waals surface area (Å²) in [5.74, 6) is -0.374. The number of carbonyl (C=O) groups excluding carboxylic acids is 1. The van der Waals surface area contributed by atoms with Crippen molar-refractivity contribution in [3.8, 4) is 0 Å². The summed E-state index contributed by atoms with van der Waals surface area (Å²) in [6, 6.07) is 1.70. The third-order valence-electron chi connectivity index (χ3n) is 1.97. The van der Waals surface area contributed by atoms with Crippen molar-refractivity contribution >= 4 is 18.2 Å². The van der Waals surface area contributed by atoms with E-state index < -0.39 is 0 Å². The first kappa shape index (κ1) is 11.9. The summed E-state index contributed by atoms with van der Waals surface area (Å²) in [6.07, 6.45) is 0. The first-order chi connectivity index (χ1) is 7.10. The van der Waals surface area contributed by atoms with Crippen LogP contribution < -0.4 is 5.73 Å². The molecular weight excluding hydrogens is 212 g/mol. The monoisotopic (exact) mass is 226 g/mol. The summed E-state index contributed by atoms with van der Waals surface area (Å²) in [4.78, 5) is 14.5. The molecule has 4 nitrogen and oxygen atoms in total. The Balaban J connectivity index is 3.26. The zero-order chi connectivity index (χ0) is 11.4. The molecule has 3 N–H and O–H groups in total. The van der Waals surface area contributed by atoms with Gasteiger partial charge in [0.15, 0.2) is 0 Å². The quantitative estimate of drug-likeness (QED) is 0.608. The fourth-order valence-electron chi connectivity index (χ4n) is 1.31. The number of aromatic amines is 1. The lowest BCUT2D eigenvalue weighted by Crippen LogP contribution is -2.12. The molecule has 0 aromatic carbocycles. The van der Waals surface area contributed by atoms with Crippen molar-refractivity contribution in [3.63, 3.8) is 0 Å². The summed E-state index contributed by atoms with van der Waals surface area (Å²) in [6.45, 7) is 4.16. The normalized spacial score (nSPS) is 10.1. The van der Waals surface area contributed by atoms with E-state index >= 15 is 0 Å². The number of nitrogens with one attached hydrogen (secondary N) is 1. The van der Waals surface area contributed by atoms with Gasteiger partial charge in [-0.05, 0) is 19.9 Å². The lowest BCUT2D eigenvalue weighted by atomic mass is 10.1. The summed E-state index contributed by atoms with van der Waals surface area (Å²) < 4.78 is 5.43. The van der Waals surface area contributed by atoms with Crippen LogP contribution in [0.3, 0.4) is 0 Å². The average Bonchev–Trinajstić information content (AvgIpc) is 2.17. The SMILES string of the molecule is CCOC(=O)c1cc(C)[nH]c(=S)c1CN. The molecule has 0 spiro atoms. The Bertz CT molecular complexity index is 426. The molecule has 0 amide bonds. The highest BCUT2D eigenvalue weighted by Gasteiger charge is 2.13. The Hall–Kier alpha value is -1.20. The van der Waals surface area contributed by atoms with Crippen LogP contribution in [0.25, 0.3) is 0 Å². The fourth-order valence-corrected chi connectivity index (χ4v) is 1.66. The molecule has 0 bridgehead atoms. The summed E-state index contributed by atoms with van der Waals surface area (Å²) >= 11 is 5.09. The number of aryl methyl sites for hydroxylation is 1. The molecule has 0 atom stereocenters. The first-order valence-electron chi connectivity index (χ1n) is 4.70. The average molecular weight is 226 g/mol. The van der Waals surface area contributed by atoms with Gasteiger partial charge < -0.3 is 15.5 Å². The molecule has 1 heterocycles. The number of nitrogens with two attached hydrogens (primary N) is 1. The Kier molecular flexibility index (Phi) is 3.99. The predicted octanol–water partition coefficient (Wildman–Crippen LogP) is 1.69. The molecular formula is C10H14N2O2S. The van der Waals surface area contributed by atoms with Crippen LogP contribution in [-0.2, 0) is 11.3 Å². The second-order valence-electron chi connectivity index (χ2n) is 3.10. The van der Waals surface area contributed by atoms with E-state index in [0.29, 0.717) is 22.4 Å².